The Bertz CT molecular complexity index is 1240. The molecule has 2 aromatic heterocycles. The Hall–Kier alpha value is -3.00. The molecule has 1 aromatic carbocycles. The molecule has 0 aliphatic carbocycles. The SMILES string of the molecule is Cc1c(C(=O)OCC(=O)Nc2ccccc2C(C)C)sc2nc3n(c(=O)c12)CCCCC3. The van der Waals surface area contributed by atoms with Crippen LogP contribution in [0, 0.1) is 6.92 Å². The Morgan fingerprint density at radius 1 is 1.22 bits per heavy atom. The zero-order chi connectivity index (χ0) is 22.8. The summed E-state index contributed by atoms with van der Waals surface area (Å²) in [6.07, 6.45) is 3.80. The molecular formula is C24H27N3O4S. The Morgan fingerprint density at radius 2 is 2.00 bits per heavy atom. The summed E-state index contributed by atoms with van der Waals surface area (Å²) in [5.74, 6) is 0.00824. The molecule has 7 nitrogen and oxygen atoms in total. The molecule has 168 valence electrons. The summed E-state index contributed by atoms with van der Waals surface area (Å²) in [6.45, 7) is 6.09. The van der Waals surface area contributed by atoms with Crippen molar-refractivity contribution in [1.82, 2.24) is 9.55 Å². The van der Waals surface area contributed by atoms with Gasteiger partial charge < -0.3 is 10.1 Å². The van der Waals surface area contributed by atoms with E-state index in [4.69, 9.17) is 4.74 Å². The molecule has 3 aromatic rings. The molecule has 1 aliphatic rings. The number of aromatic nitrogens is 2. The second-order valence-electron chi connectivity index (χ2n) is 8.40. The summed E-state index contributed by atoms with van der Waals surface area (Å²) >= 11 is 1.16. The van der Waals surface area contributed by atoms with Gasteiger partial charge in [0, 0.05) is 18.7 Å². The van der Waals surface area contributed by atoms with Crippen molar-refractivity contribution in [2.24, 2.45) is 0 Å². The van der Waals surface area contributed by atoms with E-state index in [0.29, 0.717) is 32.9 Å². The molecule has 0 saturated carbocycles. The fraction of sp³-hybridized carbons (Fsp3) is 0.417. The number of fused-ring (bicyclic) bond motifs is 2. The number of aryl methyl sites for hydroxylation is 2. The van der Waals surface area contributed by atoms with Gasteiger partial charge in [0.25, 0.3) is 11.5 Å². The third-order valence-corrected chi connectivity index (χ3v) is 6.95. The highest BCUT2D eigenvalue weighted by Crippen LogP contribution is 2.29. The number of thiophene rings is 1. The van der Waals surface area contributed by atoms with Crippen molar-refractivity contribution < 1.29 is 14.3 Å². The van der Waals surface area contributed by atoms with Crippen molar-refractivity contribution in [2.75, 3.05) is 11.9 Å². The molecule has 3 heterocycles. The van der Waals surface area contributed by atoms with Gasteiger partial charge in [0.15, 0.2) is 6.61 Å². The van der Waals surface area contributed by atoms with Crippen molar-refractivity contribution in [3.05, 3.63) is 56.4 Å². The maximum Gasteiger partial charge on any atom is 0.349 e. The molecule has 4 rings (SSSR count). The van der Waals surface area contributed by atoms with Crippen molar-refractivity contribution in [3.8, 4) is 0 Å². The van der Waals surface area contributed by atoms with Crippen molar-refractivity contribution in [2.45, 2.75) is 58.9 Å². The second kappa shape index (κ2) is 9.24. The van der Waals surface area contributed by atoms with E-state index in [9.17, 15) is 14.4 Å². The third-order valence-electron chi connectivity index (χ3n) is 5.79. The van der Waals surface area contributed by atoms with Crippen molar-refractivity contribution in [3.63, 3.8) is 0 Å². The largest absolute Gasteiger partial charge is 0.451 e. The van der Waals surface area contributed by atoms with Gasteiger partial charge in [-0.05, 0) is 42.9 Å². The zero-order valence-corrected chi connectivity index (χ0v) is 19.4. The number of rotatable bonds is 5. The lowest BCUT2D eigenvalue weighted by atomic mass is 10.0. The van der Waals surface area contributed by atoms with E-state index < -0.39 is 18.5 Å². The topological polar surface area (TPSA) is 90.3 Å². The molecule has 0 bridgehead atoms. The zero-order valence-electron chi connectivity index (χ0n) is 18.6. The molecule has 0 saturated heterocycles. The number of ether oxygens (including phenoxy) is 1. The molecular weight excluding hydrogens is 426 g/mol. The van der Waals surface area contributed by atoms with Gasteiger partial charge in [-0.25, -0.2) is 9.78 Å². The number of anilines is 1. The van der Waals surface area contributed by atoms with Crippen LogP contribution in [0.1, 0.15) is 65.7 Å². The number of nitrogens with one attached hydrogen (secondary N) is 1. The van der Waals surface area contributed by atoms with E-state index in [1.54, 1.807) is 11.5 Å². The number of hydrogen-bond donors (Lipinski definition) is 1. The molecule has 8 heteroatoms. The molecule has 1 aliphatic heterocycles. The Labute approximate surface area is 190 Å². The summed E-state index contributed by atoms with van der Waals surface area (Å²) in [7, 11) is 0. The van der Waals surface area contributed by atoms with Crippen LogP contribution in [-0.4, -0.2) is 28.0 Å². The number of para-hydroxylation sites is 1. The van der Waals surface area contributed by atoms with Gasteiger partial charge >= 0.3 is 5.97 Å². The molecule has 1 N–H and O–H groups in total. The number of amides is 1. The van der Waals surface area contributed by atoms with Crippen LogP contribution in [-0.2, 0) is 22.5 Å². The van der Waals surface area contributed by atoms with Gasteiger partial charge in [0.1, 0.15) is 15.5 Å². The lowest BCUT2D eigenvalue weighted by Gasteiger charge is -2.13. The highest BCUT2D eigenvalue weighted by atomic mass is 32.1. The van der Waals surface area contributed by atoms with Gasteiger partial charge in [0.05, 0.1) is 5.39 Å². The van der Waals surface area contributed by atoms with Crippen LogP contribution in [0.2, 0.25) is 0 Å². The average Bonchev–Trinajstić information content (AvgIpc) is 2.93. The fourth-order valence-electron chi connectivity index (χ4n) is 4.10. The summed E-state index contributed by atoms with van der Waals surface area (Å²) in [4.78, 5) is 43.7. The van der Waals surface area contributed by atoms with Crippen LogP contribution < -0.4 is 10.9 Å². The predicted molar refractivity (Wildman–Crippen MR) is 126 cm³/mol. The quantitative estimate of drug-likeness (QED) is 0.578. The Kier molecular flexibility index (Phi) is 6.41. The average molecular weight is 454 g/mol. The first-order valence-corrected chi connectivity index (χ1v) is 11.8. The number of carbonyl (C=O) groups is 2. The number of hydrogen-bond acceptors (Lipinski definition) is 6. The van der Waals surface area contributed by atoms with Crippen molar-refractivity contribution in [1.29, 1.82) is 0 Å². The summed E-state index contributed by atoms with van der Waals surface area (Å²) in [5.41, 5.74) is 2.19. The van der Waals surface area contributed by atoms with E-state index in [0.717, 1.165) is 48.4 Å². The van der Waals surface area contributed by atoms with Gasteiger partial charge in [-0.2, -0.15) is 0 Å². The van der Waals surface area contributed by atoms with E-state index in [-0.39, 0.29) is 11.5 Å². The molecule has 0 unspecified atom stereocenters. The first-order valence-electron chi connectivity index (χ1n) is 11.0. The minimum Gasteiger partial charge on any atom is -0.451 e. The van der Waals surface area contributed by atoms with Crippen LogP contribution >= 0.6 is 11.3 Å². The molecule has 32 heavy (non-hydrogen) atoms. The number of carbonyl (C=O) groups excluding carboxylic acids is 2. The highest BCUT2D eigenvalue weighted by Gasteiger charge is 2.23. The maximum atomic E-state index is 13.1. The van der Waals surface area contributed by atoms with Crippen molar-refractivity contribution >= 4 is 39.1 Å². The maximum absolute atomic E-state index is 13.1. The van der Waals surface area contributed by atoms with Crippen LogP contribution in [0.5, 0.6) is 0 Å². The smallest absolute Gasteiger partial charge is 0.349 e. The lowest BCUT2D eigenvalue weighted by Crippen LogP contribution is -2.24. The standard InChI is InChI=1S/C24H27N3O4S/c1-14(2)16-9-6-7-10-17(16)25-19(28)13-31-24(30)21-15(3)20-22(32-21)26-18-11-5-4-8-12-27(18)23(20)29/h6-7,9-10,14H,4-5,8,11-13H2,1-3H3,(H,25,28). The van der Waals surface area contributed by atoms with Crippen LogP contribution in [0.15, 0.2) is 29.1 Å². The Morgan fingerprint density at radius 3 is 2.78 bits per heavy atom. The third kappa shape index (κ3) is 4.32. The van der Waals surface area contributed by atoms with E-state index in [2.05, 4.69) is 10.3 Å². The Balaban J connectivity index is 1.51. The van der Waals surface area contributed by atoms with E-state index in [1.165, 1.54) is 0 Å². The van der Waals surface area contributed by atoms with Crippen LogP contribution in [0.25, 0.3) is 10.2 Å². The number of esters is 1. The van der Waals surface area contributed by atoms with Gasteiger partial charge in [0.2, 0.25) is 0 Å². The monoisotopic (exact) mass is 453 g/mol. The fourth-order valence-corrected chi connectivity index (χ4v) is 5.19. The molecule has 0 atom stereocenters. The molecule has 1 amide bonds. The van der Waals surface area contributed by atoms with Crippen LogP contribution in [0.3, 0.4) is 0 Å². The number of nitrogens with zero attached hydrogens (tertiary/aromatic N) is 2. The summed E-state index contributed by atoms with van der Waals surface area (Å²) < 4.78 is 7.02. The van der Waals surface area contributed by atoms with Crippen LogP contribution in [0.4, 0.5) is 5.69 Å². The number of benzene rings is 1. The molecule has 0 fully saturated rings. The first-order chi connectivity index (χ1) is 15.4. The lowest BCUT2D eigenvalue weighted by molar-refractivity contribution is -0.119. The second-order valence-corrected chi connectivity index (χ2v) is 9.40. The predicted octanol–water partition coefficient (Wildman–Crippen LogP) is 4.41. The molecule has 0 radical (unpaired) electrons. The minimum atomic E-state index is -0.614. The minimum absolute atomic E-state index is 0.0947. The van der Waals surface area contributed by atoms with E-state index in [1.807, 2.05) is 38.1 Å². The normalized spacial score (nSPS) is 13.6. The first kappa shape index (κ1) is 22.2. The summed E-state index contributed by atoms with van der Waals surface area (Å²) in [6, 6.07) is 7.56. The molecule has 0 spiro atoms. The summed E-state index contributed by atoms with van der Waals surface area (Å²) in [5, 5.41) is 3.29. The highest BCUT2D eigenvalue weighted by molar-refractivity contribution is 7.20. The van der Waals surface area contributed by atoms with Gasteiger partial charge in [-0.15, -0.1) is 11.3 Å². The van der Waals surface area contributed by atoms with Gasteiger partial charge in [-0.3, -0.25) is 14.2 Å². The van der Waals surface area contributed by atoms with E-state index >= 15 is 0 Å². The van der Waals surface area contributed by atoms with Gasteiger partial charge in [-0.1, -0.05) is 38.5 Å².